The van der Waals surface area contributed by atoms with E-state index in [-0.39, 0.29) is 30.3 Å². The quantitative estimate of drug-likeness (QED) is 0.516. The predicted octanol–water partition coefficient (Wildman–Crippen LogP) is 2.85. The maximum Gasteiger partial charge on any atom is 0.142 e. The van der Waals surface area contributed by atoms with Gasteiger partial charge in [0.25, 0.3) is 0 Å². The molecule has 4 N–H and O–H groups in total. The lowest BCUT2D eigenvalue weighted by atomic mass is 9.93. The van der Waals surface area contributed by atoms with Gasteiger partial charge >= 0.3 is 0 Å². The zero-order valence-corrected chi connectivity index (χ0v) is 14.4. The summed E-state index contributed by atoms with van der Waals surface area (Å²) in [5.74, 6) is 0.883. The first kappa shape index (κ1) is 16.9. The first-order valence-corrected chi connectivity index (χ1v) is 8.52. The van der Waals surface area contributed by atoms with Gasteiger partial charge in [0.15, 0.2) is 0 Å². The van der Waals surface area contributed by atoms with Crippen molar-refractivity contribution < 1.29 is 14.9 Å². The molecular weight excluding hydrogens is 342 g/mol. The molecule has 0 radical (unpaired) electrons. The van der Waals surface area contributed by atoms with Crippen molar-refractivity contribution in [3.63, 3.8) is 0 Å². The van der Waals surface area contributed by atoms with Crippen molar-refractivity contribution in [2.75, 3.05) is 18.9 Å². The van der Waals surface area contributed by atoms with Crippen LogP contribution in [0.2, 0.25) is 0 Å². The summed E-state index contributed by atoms with van der Waals surface area (Å²) >= 11 is 0. The van der Waals surface area contributed by atoms with Crippen molar-refractivity contribution in [1.82, 2.24) is 4.98 Å². The van der Waals surface area contributed by atoms with Crippen LogP contribution < -0.4 is 10.5 Å². The number of nitrogen functional groups attached to an aromatic ring is 1. The Morgan fingerprint density at radius 1 is 1.11 bits per heavy atom. The Hall–Kier alpha value is -3.56. The van der Waals surface area contributed by atoms with E-state index in [0.717, 1.165) is 16.7 Å². The molecule has 0 unspecified atom stereocenters. The van der Waals surface area contributed by atoms with Crippen LogP contribution in [0.4, 0.5) is 5.82 Å². The molecule has 0 spiro atoms. The third kappa shape index (κ3) is 2.65. The molecule has 134 valence electrons. The molecule has 0 amide bonds. The molecule has 2 aromatic carbocycles. The summed E-state index contributed by atoms with van der Waals surface area (Å²) < 4.78 is 5.67. The number of pyridine rings is 1. The largest absolute Gasteiger partial charge is 0.508 e. The van der Waals surface area contributed by atoms with Gasteiger partial charge in [-0.1, -0.05) is 30.3 Å². The van der Waals surface area contributed by atoms with Crippen molar-refractivity contribution in [3.8, 4) is 40.0 Å². The standard InChI is InChI=1S/C21H17N3O3/c22-11-16-19(13-4-1-2-7-18(13)27-9-8-25)15-10-14-12(5-3-6-17(14)26)20(15)24-21(16)23/h1-7,25-26H,8-10H2,(H2,23,24). The number of fused-ring (bicyclic) bond motifs is 3. The van der Waals surface area contributed by atoms with E-state index < -0.39 is 0 Å². The van der Waals surface area contributed by atoms with Gasteiger partial charge in [-0.25, -0.2) is 4.98 Å². The zero-order chi connectivity index (χ0) is 19.0. The molecule has 27 heavy (non-hydrogen) atoms. The number of phenols is 1. The number of rotatable bonds is 4. The van der Waals surface area contributed by atoms with Gasteiger partial charge in [-0.3, -0.25) is 0 Å². The Bertz CT molecular complexity index is 1090. The Kier molecular flexibility index (Phi) is 4.15. The summed E-state index contributed by atoms with van der Waals surface area (Å²) in [5.41, 5.74) is 10.8. The van der Waals surface area contributed by atoms with Gasteiger partial charge in [0, 0.05) is 28.7 Å². The van der Waals surface area contributed by atoms with Crippen LogP contribution in [0.25, 0.3) is 22.4 Å². The van der Waals surface area contributed by atoms with Gasteiger partial charge in [-0.15, -0.1) is 0 Å². The van der Waals surface area contributed by atoms with Crippen LogP contribution in [0, 0.1) is 11.3 Å². The highest BCUT2D eigenvalue weighted by Gasteiger charge is 2.30. The fourth-order valence-corrected chi connectivity index (χ4v) is 3.56. The average Bonchev–Trinajstić information content (AvgIpc) is 3.05. The zero-order valence-electron chi connectivity index (χ0n) is 14.4. The molecule has 1 aromatic heterocycles. The number of aliphatic hydroxyl groups excluding tert-OH is 1. The second-order valence-corrected chi connectivity index (χ2v) is 6.23. The number of para-hydroxylation sites is 1. The lowest BCUT2D eigenvalue weighted by molar-refractivity contribution is 0.202. The van der Waals surface area contributed by atoms with Gasteiger partial charge in [0.1, 0.15) is 35.6 Å². The number of hydrogen-bond donors (Lipinski definition) is 3. The Morgan fingerprint density at radius 2 is 1.89 bits per heavy atom. The summed E-state index contributed by atoms with van der Waals surface area (Å²) in [4.78, 5) is 4.45. The SMILES string of the molecule is N#Cc1c(N)nc2c(c1-c1ccccc1OCCO)Cc1c(O)cccc1-2. The Morgan fingerprint density at radius 3 is 2.67 bits per heavy atom. The summed E-state index contributed by atoms with van der Waals surface area (Å²) in [5, 5.41) is 29.1. The van der Waals surface area contributed by atoms with Gasteiger partial charge in [-0.05, 0) is 17.7 Å². The normalized spacial score (nSPS) is 11.6. The van der Waals surface area contributed by atoms with E-state index in [1.54, 1.807) is 18.2 Å². The summed E-state index contributed by atoms with van der Waals surface area (Å²) in [6.45, 7) is 0.0258. The summed E-state index contributed by atoms with van der Waals surface area (Å²) in [6.07, 6.45) is 0.447. The highest BCUT2D eigenvalue weighted by molar-refractivity contribution is 5.90. The highest BCUT2D eigenvalue weighted by Crippen LogP contribution is 2.47. The van der Waals surface area contributed by atoms with Crippen molar-refractivity contribution in [2.45, 2.75) is 6.42 Å². The number of benzene rings is 2. The van der Waals surface area contributed by atoms with Crippen molar-refractivity contribution in [2.24, 2.45) is 0 Å². The molecule has 1 aliphatic rings. The number of ether oxygens (including phenoxy) is 1. The van der Waals surface area contributed by atoms with Crippen LogP contribution in [-0.2, 0) is 6.42 Å². The molecular formula is C21H17N3O3. The number of hydrogen-bond acceptors (Lipinski definition) is 6. The van der Waals surface area contributed by atoms with Crippen LogP contribution in [0.15, 0.2) is 42.5 Å². The third-order valence-electron chi connectivity index (χ3n) is 4.70. The predicted molar refractivity (Wildman–Crippen MR) is 101 cm³/mol. The molecule has 0 atom stereocenters. The third-order valence-corrected chi connectivity index (χ3v) is 4.70. The molecule has 0 aliphatic heterocycles. The molecule has 0 saturated carbocycles. The highest BCUT2D eigenvalue weighted by atomic mass is 16.5. The number of nitriles is 1. The number of aromatic nitrogens is 1. The van der Waals surface area contributed by atoms with E-state index in [4.69, 9.17) is 15.6 Å². The van der Waals surface area contributed by atoms with E-state index >= 15 is 0 Å². The number of anilines is 1. The Balaban J connectivity index is 2.00. The van der Waals surface area contributed by atoms with Crippen molar-refractivity contribution in [1.29, 1.82) is 5.26 Å². The number of nitrogens with two attached hydrogens (primary N) is 1. The molecule has 6 nitrogen and oxygen atoms in total. The van der Waals surface area contributed by atoms with E-state index in [0.29, 0.717) is 29.0 Å². The molecule has 0 bridgehead atoms. The molecule has 1 aliphatic carbocycles. The van der Waals surface area contributed by atoms with Crippen LogP contribution >= 0.6 is 0 Å². The lowest BCUT2D eigenvalue weighted by Crippen LogP contribution is -2.06. The minimum absolute atomic E-state index is 0.116. The first-order valence-electron chi connectivity index (χ1n) is 8.52. The molecule has 0 fully saturated rings. The number of aliphatic hydroxyl groups is 1. The molecule has 4 rings (SSSR count). The number of aromatic hydroxyl groups is 1. The van der Waals surface area contributed by atoms with Crippen LogP contribution in [-0.4, -0.2) is 28.4 Å². The smallest absolute Gasteiger partial charge is 0.142 e. The van der Waals surface area contributed by atoms with Crippen molar-refractivity contribution >= 4 is 5.82 Å². The topological polar surface area (TPSA) is 112 Å². The summed E-state index contributed by atoms with van der Waals surface area (Å²) in [6, 6.07) is 14.8. The van der Waals surface area contributed by atoms with Gasteiger partial charge in [0.2, 0.25) is 0 Å². The lowest BCUT2D eigenvalue weighted by Gasteiger charge is -2.16. The average molecular weight is 359 g/mol. The van der Waals surface area contributed by atoms with Crippen molar-refractivity contribution in [3.05, 3.63) is 59.2 Å². The number of nitrogens with zero attached hydrogens (tertiary/aromatic N) is 2. The van der Waals surface area contributed by atoms with Gasteiger partial charge in [-0.2, -0.15) is 5.26 Å². The second kappa shape index (κ2) is 6.63. The summed E-state index contributed by atoms with van der Waals surface area (Å²) in [7, 11) is 0. The fourth-order valence-electron chi connectivity index (χ4n) is 3.56. The number of phenolic OH excluding ortho intramolecular Hbond substituents is 1. The van der Waals surface area contributed by atoms with E-state index in [1.165, 1.54) is 0 Å². The molecule has 0 saturated heterocycles. The monoisotopic (exact) mass is 359 g/mol. The first-order chi connectivity index (χ1) is 13.2. The maximum absolute atomic E-state index is 10.3. The van der Waals surface area contributed by atoms with Crippen LogP contribution in [0.3, 0.4) is 0 Å². The van der Waals surface area contributed by atoms with E-state index in [2.05, 4.69) is 11.1 Å². The van der Waals surface area contributed by atoms with Crippen LogP contribution in [0.5, 0.6) is 11.5 Å². The minimum Gasteiger partial charge on any atom is -0.508 e. The molecule has 3 aromatic rings. The molecule has 6 heteroatoms. The van der Waals surface area contributed by atoms with E-state index in [9.17, 15) is 10.4 Å². The van der Waals surface area contributed by atoms with Gasteiger partial charge in [0.05, 0.1) is 12.3 Å². The maximum atomic E-state index is 10.3. The fraction of sp³-hybridized carbons (Fsp3) is 0.143. The molecule has 1 heterocycles. The van der Waals surface area contributed by atoms with Gasteiger partial charge < -0.3 is 20.7 Å². The Labute approximate surface area is 156 Å². The minimum atomic E-state index is -0.116. The van der Waals surface area contributed by atoms with E-state index in [1.807, 2.05) is 24.3 Å². The second-order valence-electron chi connectivity index (χ2n) is 6.23. The van der Waals surface area contributed by atoms with Crippen LogP contribution in [0.1, 0.15) is 16.7 Å².